The van der Waals surface area contributed by atoms with Gasteiger partial charge in [0.2, 0.25) is 0 Å². The number of benzene rings is 1. The molecule has 7 heteroatoms. The highest BCUT2D eigenvalue weighted by molar-refractivity contribution is 7.18. The number of hydrogen-bond donors (Lipinski definition) is 1. The van der Waals surface area contributed by atoms with E-state index in [4.69, 9.17) is 10.5 Å². The maximum absolute atomic E-state index is 12.0. The van der Waals surface area contributed by atoms with Crippen molar-refractivity contribution in [3.8, 4) is 6.07 Å². The first-order valence-corrected chi connectivity index (χ1v) is 9.01. The van der Waals surface area contributed by atoms with Crippen molar-refractivity contribution >= 4 is 33.7 Å². The van der Waals surface area contributed by atoms with E-state index < -0.39 is 5.97 Å². The van der Waals surface area contributed by atoms with Gasteiger partial charge >= 0.3 is 5.97 Å². The lowest BCUT2D eigenvalue weighted by Crippen LogP contribution is -2.46. The number of nitriles is 1. The van der Waals surface area contributed by atoms with E-state index in [1.54, 1.807) is 6.92 Å². The SMILES string of the molecule is CCOC(=O)c1sc(N2CCN(c3ccccc3)CC2)c(C#N)c1N. The molecule has 3 rings (SSSR count). The minimum Gasteiger partial charge on any atom is -0.462 e. The Hall–Kier alpha value is -2.72. The van der Waals surface area contributed by atoms with E-state index in [9.17, 15) is 10.1 Å². The zero-order valence-corrected chi connectivity index (χ0v) is 14.9. The van der Waals surface area contributed by atoms with Crippen molar-refractivity contribution in [1.82, 2.24) is 0 Å². The average molecular weight is 356 g/mol. The monoisotopic (exact) mass is 356 g/mol. The Kier molecular flexibility index (Phi) is 5.10. The van der Waals surface area contributed by atoms with Gasteiger partial charge in [-0.15, -0.1) is 11.3 Å². The Labute approximate surface area is 151 Å². The van der Waals surface area contributed by atoms with Crippen LogP contribution in [0.3, 0.4) is 0 Å². The standard InChI is InChI=1S/C18H20N4O2S/c1-2-24-18(23)16-15(20)14(12-19)17(25-16)22-10-8-21(9-11-22)13-6-4-3-5-7-13/h3-7H,2,8-11,20H2,1H3. The number of hydrogen-bond acceptors (Lipinski definition) is 7. The third-order valence-electron chi connectivity index (χ3n) is 4.19. The molecule has 2 N–H and O–H groups in total. The summed E-state index contributed by atoms with van der Waals surface area (Å²) < 4.78 is 5.04. The topological polar surface area (TPSA) is 82.6 Å². The molecule has 1 aliphatic heterocycles. The van der Waals surface area contributed by atoms with Crippen molar-refractivity contribution in [3.05, 3.63) is 40.8 Å². The Morgan fingerprint density at radius 3 is 2.48 bits per heavy atom. The van der Waals surface area contributed by atoms with Gasteiger partial charge < -0.3 is 20.3 Å². The molecular weight excluding hydrogens is 336 g/mol. The van der Waals surface area contributed by atoms with Gasteiger partial charge in [-0.1, -0.05) is 18.2 Å². The number of anilines is 3. The molecule has 0 saturated carbocycles. The second kappa shape index (κ2) is 7.45. The second-order valence-corrected chi connectivity index (χ2v) is 6.67. The van der Waals surface area contributed by atoms with Crippen LogP contribution >= 0.6 is 11.3 Å². The number of para-hydroxylation sites is 1. The van der Waals surface area contributed by atoms with Crippen LogP contribution in [0, 0.1) is 11.3 Å². The fraction of sp³-hybridized carbons (Fsp3) is 0.333. The summed E-state index contributed by atoms with van der Waals surface area (Å²) in [7, 11) is 0. The van der Waals surface area contributed by atoms with E-state index in [1.807, 2.05) is 18.2 Å². The predicted octanol–water partition coefficient (Wildman–Crippen LogP) is 2.71. The lowest BCUT2D eigenvalue weighted by molar-refractivity contribution is 0.0533. The number of nitrogen functional groups attached to an aromatic ring is 1. The van der Waals surface area contributed by atoms with Crippen molar-refractivity contribution in [2.45, 2.75) is 6.92 Å². The van der Waals surface area contributed by atoms with Crippen LogP contribution < -0.4 is 15.5 Å². The van der Waals surface area contributed by atoms with Gasteiger partial charge in [-0.25, -0.2) is 4.79 Å². The minimum absolute atomic E-state index is 0.228. The molecule has 1 aromatic heterocycles. The molecule has 1 aliphatic rings. The molecule has 2 heterocycles. The van der Waals surface area contributed by atoms with Crippen molar-refractivity contribution < 1.29 is 9.53 Å². The molecule has 2 aromatic rings. The number of thiophene rings is 1. The number of carbonyl (C=O) groups is 1. The van der Waals surface area contributed by atoms with Gasteiger partial charge in [0.05, 0.1) is 12.3 Å². The number of piperazine rings is 1. The molecule has 0 radical (unpaired) electrons. The Morgan fingerprint density at radius 2 is 1.88 bits per heavy atom. The van der Waals surface area contributed by atoms with E-state index in [1.165, 1.54) is 17.0 Å². The number of rotatable bonds is 4. The van der Waals surface area contributed by atoms with Crippen LogP contribution in [0.15, 0.2) is 30.3 Å². The molecule has 1 saturated heterocycles. The molecule has 0 spiro atoms. The molecule has 0 bridgehead atoms. The van der Waals surface area contributed by atoms with Crippen LogP contribution in [0.2, 0.25) is 0 Å². The van der Waals surface area contributed by atoms with E-state index in [0.29, 0.717) is 10.4 Å². The summed E-state index contributed by atoms with van der Waals surface area (Å²) in [5.41, 5.74) is 7.82. The predicted molar refractivity (Wildman–Crippen MR) is 100 cm³/mol. The molecule has 1 aromatic carbocycles. The average Bonchev–Trinajstić information content (AvgIpc) is 2.99. The van der Waals surface area contributed by atoms with Crippen molar-refractivity contribution in [3.63, 3.8) is 0 Å². The minimum atomic E-state index is -0.462. The number of esters is 1. The number of ether oxygens (including phenoxy) is 1. The molecule has 0 amide bonds. The van der Waals surface area contributed by atoms with Crippen LogP contribution in [0.25, 0.3) is 0 Å². The maximum Gasteiger partial charge on any atom is 0.350 e. The van der Waals surface area contributed by atoms with Crippen LogP contribution in [0.1, 0.15) is 22.2 Å². The van der Waals surface area contributed by atoms with E-state index in [0.717, 1.165) is 31.2 Å². The van der Waals surface area contributed by atoms with E-state index in [-0.39, 0.29) is 12.3 Å². The van der Waals surface area contributed by atoms with Gasteiger partial charge in [-0.2, -0.15) is 5.26 Å². The molecule has 0 aliphatic carbocycles. The summed E-state index contributed by atoms with van der Waals surface area (Å²) in [6.45, 7) is 5.26. The third kappa shape index (κ3) is 3.39. The molecule has 0 unspecified atom stereocenters. The summed E-state index contributed by atoms with van der Waals surface area (Å²) in [4.78, 5) is 16.8. The highest BCUT2D eigenvalue weighted by Crippen LogP contribution is 2.38. The quantitative estimate of drug-likeness (QED) is 0.848. The summed E-state index contributed by atoms with van der Waals surface area (Å²) in [6, 6.07) is 12.4. The normalized spacial score (nSPS) is 14.2. The fourth-order valence-corrected chi connectivity index (χ4v) is 4.03. The van der Waals surface area contributed by atoms with Gasteiger partial charge in [0.1, 0.15) is 21.5 Å². The number of nitrogens with two attached hydrogens (primary N) is 1. The lowest BCUT2D eigenvalue weighted by atomic mass is 10.2. The largest absolute Gasteiger partial charge is 0.462 e. The van der Waals surface area contributed by atoms with Gasteiger partial charge in [0.15, 0.2) is 0 Å². The first kappa shape index (κ1) is 17.1. The Bertz CT molecular complexity index is 789. The Morgan fingerprint density at radius 1 is 1.24 bits per heavy atom. The fourth-order valence-electron chi connectivity index (χ4n) is 2.92. The first-order chi connectivity index (χ1) is 12.2. The summed E-state index contributed by atoms with van der Waals surface area (Å²) in [5.74, 6) is -0.462. The molecule has 25 heavy (non-hydrogen) atoms. The van der Waals surface area contributed by atoms with Crippen molar-refractivity contribution in [1.29, 1.82) is 5.26 Å². The van der Waals surface area contributed by atoms with Crippen LogP contribution in [-0.4, -0.2) is 38.8 Å². The summed E-state index contributed by atoms with van der Waals surface area (Å²) in [6.07, 6.45) is 0. The van der Waals surface area contributed by atoms with Crippen LogP contribution in [0.4, 0.5) is 16.4 Å². The summed E-state index contributed by atoms with van der Waals surface area (Å²) in [5, 5.41) is 10.2. The molecular formula is C18H20N4O2S. The van der Waals surface area contributed by atoms with E-state index in [2.05, 4.69) is 28.0 Å². The molecule has 6 nitrogen and oxygen atoms in total. The second-order valence-electron chi connectivity index (χ2n) is 5.67. The van der Waals surface area contributed by atoms with E-state index >= 15 is 0 Å². The van der Waals surface area contributed by atoms with Crippen molar-refractivity contribution in [2.24, 2.45) is 0 Å². The van der Waals surface area contributed by atoms with Crippen LogP contribution in [-0.2, 0) is 4.74 Å². The highest BCUT2D eigenvalue weighted by Gasteiger charge is 2.27. The molecule has 1 fully saturated rings. The zero-order valence-electron chi connectivity index (χ0n) is 14.1. The number of carbonyl (C=O) groups excluding carboxylic acids is 1. The summed E-state index contributed by atoms with van der Waals surface area (Å²) >= 11 is 1.25. The van der Waals surface area contributed by atoms with Gasteiger partial charge in [-0.3, -0.25) is 0 Å². The van der Waals surface area contributed by atoms with Crippen LogP contribution in [0.5, 0.6) is 0 Å². The van der Waals surface area contributed by atoms with Gasteiger partial charge in [0, 0.05) is 31.9 Å². The number of nitrogens with zero attached hydrogens (tertiary/aromatic N) is 3. The van der Waals surface area contributed by atoms with Gasteiger partial charge in [-0.05, 0) is 19.1 Å². The van der Waals surface area contributed by atoms with Crippen molar-refractivity contribution in [2.75, 3.05) is 48.3 Å². The highest BCUT2D eigenvalue weighted by atomic mass is 32.1. The Balaban J connectivity index is 1.78. The molecule has 130 valence electrons. The maximum atomic E-state index is 12.0. The molecule has 0 atom stereocenters. The van der Waals surface area contributed by atoms with Gasteiger partial charge in [0.25, 0.3) is 0 Å². The lowest BCUT2D eigenvalue weighted by Gasteiger charge is -2.36. The zero-order chi connectivity index (χ0) is 17.8. The smallest absolute Gasteiger partial charge is 0.350 e. The first-order valence-electron chi connectivity index (χ1n) is 8.20. The third-order valence-corrected chi connectivity index (χ3v) is 5.43.